The number of hydrogen-bond donors (Lipinski definition) is 1. The van der Waals surface area contributed by atoms with Crippen molar-refractivity contribution in [3.63, 3.8) is 0 Å². The molecule has 0 aromatic heterocycles. The Labute approximate surface area is 79.1 Å². The van der Waals surface area contributed by atoms with E-state index in [4.69, 9.17) is 5.26 Å². The quantitative estimate of drug-likeness (QED) is 0.572. The molecule has 0 saturated carbocycles. The van der Waals surface area contributed by atoms with Crippen molar-refractivity contribution < 1.29 is 10.1 Å². The molecule has 2 nitrogen and oxygen atoms in total. The summed E-state index contributed by atoms with van der Waals surface area (Å²) in [6.45, 7) is 5.92. The van der Waals surface area contributed by atoms with Crippen LogP contribution >= 0.6 is 0 Å². The third kappa shape index (κ3) is 1.90. The highest BCUT2D eigenvalue weighted by Crippen LogP contribution is 2.31. The monoisotopic (exact) mass is 180 g/mol. The van der Waals surface area contributed by atoms with Crippen molar-refractivity contribution in [1.82, 2.24) is 0 Å². The van der Waals surface area contributed by atoms with Crippen molar-refractivity contribution in [2.24, 2.45) is 5.92 Å². The molecule has 0 fully saturated rings. The van der Waals surface area contributed by atoms with Gasteiger partial charge in [-0.25, -0.2) is 4.89 Å². The lowest BCUT2D eigenvalue weighted by atomic mass is 9.85. The van der Waals surface area contributed by atoms with E-state index in [1.165, 1.54) is 0 Å². The van der Waals surface area contributed by atoms with Crippen molar-refractivity contribution >= 4 is 0 Å². The summed E-state index contributed by atoms with van der Waals surface area (Å²) in [6.07, 6.45) is 0. The van der Waals surface area contributed by atoms with Crippen LogP contribution in [0, 0.1) is 5.92 Å². The van der Waals surface area contributed by atoms with E-state index in [-0.39, 0.29) is 5.92 Å². The Morgan fingerprint density at radius 2 is 1.77 bits per heavy atom. The molecule has 0 amide bonds. The molecule has 0 spiro atoms. The average molecular weight is 180 g/mol. The maximum absolute atomic E-state index is 8.91. The first-order valence-electron chi connectivity index (χ1n) is 4.49. The Morgan fingerprint density at radius 3 is 2.15 bits per heavy atom. The van der Waals surface area contributed by atoms with E-state index in [0.29, 0.717) is 0 Å². The average Bonchev–Trinajstić information content (AvgIpc) is 2.17. The zero-order chi connectivity index (χ0) is 9.90. The molecule has 1 N–H and O–H groups in total. The zero-order valence-electron chi connectivity index (χ0n) is 8.32. The maximum atomic E-state index is 8.91. The van der Waals surface area contributed by atoms with Crippen molar-refractivity contribution in [3.8, 4) is 0 Å². The van der Waals surface area contributed by atoms with Gasteiger partial charge in [0.1, 0.15) is 5.60 Å². The van der Waals surface area contributed by atoms with E-state index in [1.54, 1.807) is 0 Å². The molecule has 1 aromatic carbocycles. The van der Waals surface area contributed by atoms with Crippen LogP contribution in [0.3, 0.4) is 0 Å². The van der Waals surface area contributed by atoms with E-state index in [2.05, 4.69) is 4.89 Å². The van der Waals surface area contributed by atoms with E-state index >= 15 is 0 Å². The highest BCUT2D eigenvalue weighted by molar-refractivity contribution is 5.22. The second-order valence-electron chi connectivity index (χ2n) is 3.72. The first-order valence-corrected chi connectivity index (χ1v) is 4.49. The van der Waals surface area contributed by atoms with Crippen LogP contribution in [0.15, 0.2) is 30.3 Å². The molecule has 0 aliphatic carbocycles. The van der Waals surface area contributed by atoms with Crippen molar-refractivity contribution in [1.29, 1.82) is 0 Å². The van der Waals surface area contributed by atoms with Gasteiger partial charge in [0, 0.05) is 0 Å². The fourth-order valence-electron chi connectivity index (χ4n) is 1.26. The standard InChI is InChI=1S/C11H16O2/c1-9(2)11(3,13-12)10-7-5-4-6-8-10/h4-9,12H,1-3H3/t11-/m0/s1. The van der Waals surface area contributed by atoms with Crippen LogP contribution in [0.4, 0.5) is 0 Å². The van der Waals surface area contributed by atoms with Crippen LogP contribution in [0.5, 0.6) is 0 Å². The van der Waals surface area contributed by atoms with Crippen molar-refractivity contribution in [3.05, 3.63) is 35.9 Å². The van der Waals surface area contributed by atoms with Gasteiger partial charge in [-0.15, -0.1) is 0 Å². The molecule has 0 unspecified atom stereocenters. The van der Waals surface area contributed by atoms with Crippen LogP contribution in [0.25, 0.3) is 0 Å². The summed E-state index contributed by atoms with van der Waals surface area (Å²) < 4.78 is 0. The molecule has 0 saturated heterocycles. The summed E-state index contributed by atoms with van der Waals surface area (Å²) in [5.74, 6) is 0.222. The molecule has 0 radical (unpaired) electrons. The molecule has 1 atom stereocenters. The van der Waals surface area contributed by atoms with Crippen molar-refractivity contribution in [2.75, 3.05) is 0 Å². The molecule has 2 heteroatoms. The molecular weight excluding hydrogens is 164 g/mol. The van der Waals surface area contributed by atoms with Crippen LogP contribution in [0.2, 0.25) is 0 Å². The number of rotatable bonds is 3. The molecule has 1 rings (SSSR count). The van der Waals surface area contributed by atoms with Gasteiger partial charge in [0.05, 0.1) is 0 Å². The van der Waals surface area contributed by atoms with Gasteiger partial charge in [0.2, 0.25) is 0 Å². The topological polar surface area (TPSA) is 29.5 Å². The molecular formula is C11H16O2. The van der Waals surface area contributed by atoms with E-state index in [9.17, 15) is 0 Å². The van der Waals surface area contributed by atoms with Gasteiger partial charge < -0.3 is 0 Å². The number of benzene rings is 1. The van der Waals surface area contributed by atoms with E-state index in [0.717, 1.165) is 5.56 Å². The smallest absolute Gasteiger partial charge is 0.128 e. The summed E-state index contributed by atoms with van der Waals surface area (Å²) in [5.41, 5.74) is 0.383. The Balaban J connectivity index is 3.03. The van der Waals surface area contributed by atoms with Gasteiger partial charge >= 0.3 is 0 Å². The molecule has 72 valence electrons. The van der Waals surface area contributed by atoms with Gasteiger partial charge in [0.25, 0.3) is 0 Å². The van der Waals surface area contributed by atoms with Crippen LogP contribution in [-0.4, -0.2) is 5.26 Å². The predicted octanol–water partition coefficient (Wildman–Crippen LogP) is 3.05. The summed E-state index contributed by atoms with van der Waals surface area (Å²) in [4.78, 5) is 4.59. The lowest BCUT2D eigenvalue weighted by Gasteiger charge is -2.30. The fourth-order valence-corrected chi connectivity index (χ4v) is 1.26. The van der Waals surface area contributed by atoms with Gasteiger partial charge in [-0.3, -0.25) is 5.26 Å². The minimum absolute atomic E-state index is 0.222. The Morgan fingerprint density at radius 1 is 1.23 bits per heavy atom. The molecule has 1 aromatic rings. The van der Waals surface area contributed by atoms with E-state index in [1.807, 2.05) is 51.1 Å². The van der Waals surface area contributed by atoms with Crippen LogP contribution < -0.4 is 0 Å². The first kappa shape index (κ1) is 10.2. The van der Waals surface area contributed by atoms with Gasteiger partial charge in [-0.2, -0.15) is 0 Å². The van der Waals surface area contributed by atoms with Gasteiger partial charge in [0.15, 0.2) is 0 Å². The Kier molecular flexibility index (Phi) is 3.07. The lowest BCUT2D eigenvalue weighted by Crippen LogP contribution is -2.30. The minimum atomic E-state index is -0.610. The van der Waals surface area contributed by atoms with Gasteiger partial charge in [-0.05, 0) is 18.4 Å². The third-order valence-electron chi connectivity index (χ3n) is 2.64. The molecule has 0 aliphatic rings. The summed E-state index contributed by atoms with van der Waals surface area (Å²) in [6, 6.07) is 9.73. The first-order chi connectivity index (χ1) is 6.11. The predicted molar refractivity (Wildman–Crippen MR) is 52.3 cm³/mol. The summed E-state index contributed by atoms with van der Waals surface area (Å²) in [7, 11) is 0. The molecule has 0 aliphatic heterocycles. The maximum Gasteiger partial charge on any atom is 0.128 e. The molecule has 0 heterocycles. The molecule has 13 heavy (non-hydrogen) atoms. The SMILES string of the molecule is CC(C)[C@](C)(OO)c1ccccc1. The van der Waals surface area contributed by atoms with E-state index < -0.39 is 5.60 Å². The Hall–Kier alpha value is -0.860. The van der Waals surface area contributed by atoms with Crippen LogP contribution in [-0.2, 0) is 10.5 Å². The van der Waals surface area contributed by atoms with Crippen LogP contribution in [0.1, 0.15) is 26.3 Å². The third-order valence-corrected chi connectivity index (χ3v) is 2.64. The normalized spacial score (nSPS) is 15.8. The fraction of sp³-hybridized carbons (Fsp3) is 0.455. The number of hydrogen-bond acceptors (Lipinski definition) is 2. The Bertz CT molecular complexity index is 256. The second kappa shape index (κ2) is 3.90. The summed E-state index contributed by atoms with van der Waals surface area (Å²) >= 11 is 0. The lowest BCUT2D eigenvalue weighted by molar-refractivity contribution is -0.336. The second-order valence-corrected chi connectivity index (χ2v) is 3.72. The minimum Gasteiger partial charge on any atom is -0.251 e. The largest absolute Gasteiger partial charge is 0.251 e. The van der Waals surface area contributed by atoms with Crippen molar-refractivity contribution in [2.45, 2.75) is 26.4 Å². The van der Waals surface area contributed by atoms with Gasteiger partial charge in [-0.1, -0.05) is 44.2 Å². The highest BCUT2D eigenvalue weighted by Gasteiger charge is 2.31. The zero-order valence-corrected chi connectivity index (χ0v) is 8.32. The molecule has 0 bridgehead atoms. The highest BCUT2D eigenvalue weighted by atomic mass is 17.1. The summed E-state index contributed by atoms with van der Waals surface area (Å²) in [5, 5.41) is 8.91.